The van der Waals surface area contributed by atoms with Crippen LogP contribution in [-0.4, -0.2) is 105 Å². The maximum Gasteiger partial charge on any atom is 0.312 e. The standard InChI is InChI=1S/C44H61N3O12/c1-12-18-47(19-13-2)45-21-29-34-39(53)32-31(38(29)52)33-41(27(8)37(32)51)59-44(10,42(33)54)57-20-17-30(56-11)24(5)40(58-28(9)48)26(7)36(50)25(6)35(49)22(3)15-14-16-23(4)43(55)46-34/h14-17,20-22,24-26,30,35-36,40,49-53H,12-13,18-19H2,1-11H3,(H,46,55). The summed E-state index contributed by atoms with van der Waals surface area (Å²) >= 11 is 0. The van der Waals surface area contributed by atoms with Crippen molar-refractivity contribution < 1.29 is 58.9 Å². The summed E-state index contributed by atoms with van der Waals surface area (Å²) in [6, 6.07) is 0. The number of benzene rings is 2. The van der Waals surface area contributed by atoms with Crippen molar-refractivity contribution in [1.29, 1.82) is 0 Å². The minimum Gasteiger partial charge on any atom is -0.507 e. The molecule has 9 atom stereocenters. The van der Waals surface area contributed by atoms with Crippen LogP contribution in [-0.2, 0) is 23.8 Å². The van der Waals surface area contributed by atoms with Gasteiger partial charge in [-0.3, -0.25) is 19.4 Å². The van der Waals surface area contributed by atoms with Crippen molar-refractivity contribution in [3.05, 3.63) is 52.8 Å². The van der Waals surface area contributed by atoms with Gasteiger partial charge in [0.2, 0.25) is 0 Å². The molecular weight excluding hydrogens is 762 g/mol. The van der Waals surface area contributed by atoms with E-state index in [1.807, 2.05) is 13.8 Å². The minimum atomic E-state index is -2.04. The summed E-state index contributed by atoms with van der Waals surface area (Å²) in [5.74, 6) is -8.35. The van der Waals surface area contributed by atoms with Crippen LogP contribution in [0.2, 0.25) is 0 Å². The van der Waals surface area contributed by atoms with Gasteiger partial charge in [-0.2, -0.15) is 5.10 Å². The average Bonchev–Trinajstić information content (AvgIpc) is 3.46. The highest BCUT2D eigenvalue weighted by Crippen LogP contribution is 2.55. The van der Waals surface area contributed by atoms with Crippen LogP contribution in [0.5, 0.6) is 23.0 Å². The fourth-order valence-electron chi connectivity index (χ4n) is 7.76. The molecule has 0 fully saturated rings. The number of ketones is 1. The lowest BCUT2D eigenvalue weighted by Crippen LogP contribution is -2.46. The number of allylic oxidation sites excluding steroid dienone is 2. The van der Waals surface area contributed by atoms with Crippen LogP contribution in [0.3, 0.4) is 0 Å². The van der Waals surface area contributed by atoms with E-state index in [9.17, 15) is 39.9 Å². The van der Waals surface area contributed by atoms with Crippen molar-refractivity contribution in [2.45, 2.75) is 112 Å². The zero-order chi connectivity index (χ0) is 44.1. The molecule has 3 heterocycles. The Balaban J connectivity index is 2.00. The second-order valence-corrected chi connectivity index (χ2v) is 15.8. The number of phenolic OH excluding ortho intramolecular Hbond substituents is 3. The fourth-order valence-corrected chi connectivity index (χ4v) is 7.76. The van der Waals surface area contributed by atoms with Crippen LogP contribution < -0.4 is 10.1 Å². The molecule has 0 radical (unpaired) electrons. The molecule has 5 rings (SSSR count). The van der Waals surface area contributed by atoms with E-state index in [-0.39, 0.29) is 44.5 Å². The third-order valence-corrected chi connectivity index (χ3v) is 11.3. The summed E-state index contributed by atoms with van der Waals surface area (Å²) in [7, 11) is 1.44. The maximum absolute atomic E-state index is 14.4. The van der Waals surface area contributed by atoms with Gasteiger partial charge in [0.1, 0.15) is 23.4 Å². The number of aromatic hydroxyl groups is 3. The number of hydrogen-bond donors (Lipinski definition) is 6. The number of amides is 1. The van der Waals surface area contributed by atoms with E-state index in [1.165, 1.54) is 59.4 Å². The number of phenols is 3. The maximum atomic E-state index is 14.4. The lowest BCUT2D eigenvalue weighted by molar-refractivity contribution is -0.160. The second kappa shape index (κ2) is 19.3. The summed E-state index contributed by atoms with van der Waals surface area (Å²) in [5.41, 5.74) is -0.354. The molecule has 0 aliphatic carbocycles. The Hall–Kier alpha value is -5.12. The zero-order valence-electron chi connectivity index (χ0n) is 35.9. The third kappa shape index (κ3) is 9.53. The van der Waals surface area contributed by atoms with Gasteiger partial charge in [0.25, 0.3) is 11.7 Å². The number of rotatable bonds is 8. The third-order valence-electron chi connectivity index (χ3n) is 11.3. The number of nitrogens with zero attached hydrogens (tertiary/aromatic N) is 2. The summed E-state index contributed by atoms with van der Waals surface area (Å²) in [6.07, 6.45) is 6.38. The van der Waals surface area contributed by atoms with Gasteiger partial charge in [0.05, 0.1) is 53.0 Å². The Morgan fingerprint density at radius 3 is 2.19 bits per heavy atom. The summed E-state index contributed by atoms with van der Waals surface area (Å²) < 4.78 is 23.6. The SMILES string of the molecule is CCCN(CCC)N=Cc1c2c(O)c3c(O)c(C)c4c(c3c1O)C(=O)C(C)(OC=CC(OC)C(C)C(OC(C)=O)C(C)C(O)C(C)C(O)C(C)C=CC=C(C)C(=O)N2)O4. The molecule has 1 amide bonds. The Morgan fingerprint density at radius 1 is 0.949 bits per heavy atom. The van der Waals surface area contributed by atoms with E-state index in [4.69, 9.17) is 18.9 Å². The van der Waals surface area contributed by atoms with Crippen LogP contribution >= 0.6 is 0 Å². The van der Waals surface area contributed by atoms with Gasteiger partial charge in [-0.15, -0.1) is 0 Å². The number of hydrogen-bond acceptors (Lipinski definition) is 14. The number of fused-ring (bicyclic) bond motifs is 14. The van der Waals surface area contributed by atoms with Crippen LogP contribution in [0.4, 0.5) is 5.69 Å². The second-order valence-electron chi connectivity index (χ2n) is 15.8. The van der Waals surface area contributed by atoms with Crippen molar-refractivity contribution in [2.24, 2.45) is 28.8 Å². The Kier molecular flexibility index (Phi) is 15.2. The minimum absolute atomic E-state index is 0.0556. The van der Waals surface area contributed by atoms with E-state index in [2.05, 4.69) is 10.4 Å². The quantitative estimate of drug-likeness (QED) is 0.0575. The fraction of sp³-hybridized carbons (Fsp3) is 0.545. The molecule has 324 valence electrons. The molecule has 0 saturated carbocycles. The highest BCUT2D eigenvalue weighted by atomic mass is 16.7. The predicted octanol–water partition coefficient (Wildman–Crippen LogP) is 6.21. The Labute approximate surface area is 346 Å². The molecule has 15 nitrogen and oxygen atoms in total. The molecular formula is C44H61N3O12. The molecule has 5 bridgehead atoms. The molecule has 6 N–H and O–H groups in total. The molecule has 2 aromatic carbocycles. The zero-order valence-corrected chi connectivity index (χ0v) is 35.9. The Morgan fingerprint density at radius 2 is 1.59 bits per heavy atom. The highest BCUT2D eigenvalue weighted by molar-refractivity contribution is 6.23. The van der Waals surface area contributed by atoms with Gasteiger partial charge in [0.15, 0.2) is 5.75 Å². The number of methoxy groups -OCH3 is 1. The number of carbonyl (C=O) groups excluding carboxylic acids is 3. The first kappa shape index (κ1) is 46.6. The largest absolute Gasteiger partial charge is 0.507 e. The molecule has 3 aliphatic heterocycles. The number of anilines is 1. The van der Waals surface area contributed by atoms with Crippen LogP contribution in [0.15, 0.2) is 41.2 Å². The van der Waals surface area contributed by atoms with Gasteiger partial charge < -0.3 is 49.8 Å². The highest BCUT2D eigenvalue weighted by Gasteiger charge is 2.50. The molecule has 2 aromatic rings. The number of esters is 1. The average molecular weight is 824 g/mol. The Bertz CT molecular complexity index is 2020. The number of hydrazone groups is 1. The normalized spacial score (nSPS) is 28.1. The number of nitrogens with one attached hydrogen (secondary N) is 1. The molecule has 0 saturated heterocycles. The van der Waals surface area contributed by atoms with Crippen molar-refractivity contribution in [2.75, 3.05) is 25.5 Å². The van der Waals surface area contributed by atoms with Crippen LogP contribution in [0.25, 0.3) is 10.8 Å². The van der Waals surface area contributed by atoms with Crippen LogP contribution in [0, 0.1) is 30.6 Å². The molecule has 15 heteroatoms. The monoisotopic (exact) mass is 823 g/mol. The van der Waals surface area contributed by atoms with Gasteiger partial charge in [-0.25, -0.2) is 0 Å². The van der Waals surface area contributed by atoms with Crippen LogP contribution in [0.1, 0.15) is 96.6 Å². The summed E-state index contributed by atoms with van der Waals surface area (Å²) in [6.45, 7) is 17.6. The van der Waals surface area contributed by atoms with Gasteiger partial charge in [0, 0.05) is 74.2 Å². The van der Waals surface area contributed by atoms with Gasteiger partial charge in [-0.05, 0) is 32.8 Å². The number of aliphatic hydroxyl groups is 2. The smallest absolute Gasteiger partial charge is 0.312 e. The molecule has 3 aliphatic rings. The van der Waals surface area contributed by atoms with E-state index < -0.39 is 88.8 Å². The number of Topliss-reactive ketones (excluding diaryl/α,β-unsaturated/α-hetero) is 1. The number of aliphatic hydroxyl groups excluding tert-OH is 2. The number of carbonyl (C=O) groups is 3. The van der Waals surface area contributed by atoms with Crippen molar-refractivity contribution in [1.82, 2.24) is 5.01 Å². The topological polar surface area (TPSA) is 217 Å². The number of ether oxygens (including phenoxy) is 4. The predicted molar refractivity (Wildman–Crippen MR) is 224 cm³/mol. The molecule has 0 aromatic heterocycles. The van der Waals surface area contributed by atoms with Gasteiger partial charge in [-0.1, -0.05) is 59.8 Å². The lowest BCUT2D eigenvalue weighted by atomic mass is 9.78. The molecule has 0 spiro atoms. The molecule has 59 heavy (non-hydrogen) atoms. The van der Waals surface area contributed by atoms with Gasteiger partial charge >= 0.3 is 11.8 Å². The van der Waals surface area contributed by atoms with Crippen molar-refractivity contribution >= 4 is 40.3 Å². The molecule has 9 unspecified atom stereocenters. The van der Waals surface area contributed by atoms with E-state index >= 15 is 0 Å². The summed E-state index contributed by atoms with van der Waals surface area (Å²) in [4.78, 5) is 40.5. The van der Waals surface area contributed by atoms with E-state index in [0.29, 0.717) is 13.1 Å². The first-order chi connectivity index (χ1) is 27.8. The van der Waals surface area contributed by atoms with E-state index in [1.54, 1.807) is 44.9 Å². The first-order valence-corrected chi connectivity index (χ1v) is 20.1. The van der Waals surface area contributed by atoms with Crippen molar-refractivity contribution in [3.8, 4) is 23.0 Å². The lowest BCUT2D eigenvalue weighted by Gasteiger charge is -2.38. The first-order valence-electron chi connectivity index (χ1n) is 20.1. The van der Waals surface area contributed by atoms with E-state index in [0.717, 1.165) is 12.8 Å². The summed E-state index contributed by atoms with van der Waals surface area (Å²) in [5, 5.41) is 66.9. The van der Waals surface area contributed by atoms with Crippen molar-refractivity contribution in [3.63, 3.8) is 0 Å².